The minimum Gasteiger partial charge on any atom is -0.357 e. The molecule has 0 bridgehead atoms. The predicted octanol–water partition coefficient (Wildman–Crippen LogP) is 2.88. The summed E-state index contributed by atoms with van der Waals surface area (Å²) < 4.78 is 0. The number of hydrogen-bond acceptors (Lipinski definition) is 3. The molecule has 1 aliphatic rings. The van der Waals surface area contributed by atoms with Crippen molar-refractivity contribution in [2.24, 2.45) is 5.11 Å². The highest BCUT2D eigenvalue weighted by atomic mass is 15.2. The minimum absolute atomic E-state index is 0.332. The lowest BCUT2D eigenvalue weighted by Crippen LogP contribution is -2.30. The number of nitrogens with zero attached hydrogens (tertiary/aromatic N) is 5. The van der Waals surface area contributed by atoms with Gasteiger partial charge in [0, 0.05) is 23.7 Å². The maximum absolute atomic E-state index is 8.27. The Morgan fingerprint density at radius 2 is 2.12 bits per heavy atom. The van der Waals surface area contributed by atoms with Gasteiger partial charge in [-0.3, -0.25) is 0 Å². The Hall–Kier alpha value is -1.74. The van der Waals surface area contributed by atoms with E-state index >= 15 is 0 Å². The molecule has 0 atom stereocenters. The molecular weight excluding hydrogens is 202 g/mol. The second-order valence-corrected chi connectivity index (χ2v) is 3.92. The molecule has 5 nitrogen and oxygen atoms in total. The van der Waals surface area contributed by atoms with Crippen molar-refractivity contribution in [1.82, 2.24) is 4.98 Å². The molecule has 0 spiro atoms. The molecule has 2 heterocycles. The smallest absolute Gasteiger partial charge is 0.128 e. The predicted molar refractivity (Wildman–Crippen MR) is 63.2 cm³/mol. The van der Waals surface area contributed by atoms with Crippen LogP contribution < -0.4 is 4.90 Å². The zero-order valence-corrected chi connectivity index (χ0v) is 9.21. The molecular formula is C11H15N5. The molecule has 1 aliphatic heterocycles. The molecule has 1 aromatic rings. The van der Waals surface area contributed by atoms with Crippen LogP contribution in [0, 0.1) is 0 Å². The van der Waals surface area contributed by atoms with E-state index in [2.05, 4.69) is 19.9 Å². The first kappa shape index (κ1) is 10.8. The van der Waals surface area contributed by atoms with Crippen LogP contribution >= 0.6 is 0 Å². The summed E-state index contributed by atoms with van der Waals surface area (Å²) in [6.45, 7) is 2.49. The van der Waals surface area contributed by atoms with Gasteiger partial charge in [0.25, 0.3) is 0 Å². The molecule has 1 fully saturated rings. The van der Waals surface area contributed by atoms with Crippen molar-refractivity contribution in [3.8, 4) is 0 Å². The number of rotatable bonds is 3. The summed E-state index contributed by atoms with van der Waals surface area (Å²) in [5.41, 5.74) is 9.10. The fraction of sp³-hybridized carbons (Fsp3) is 0.545. The van der Waals surface area contributed by atoms with E-state index in [4.69, 9.17) is 5.53 Å². The standard InChI is InChI=1S/C11H15N5/c12-15-13-9-10-5-4-6-11(14-10)16-7-2-1-3-8-16/h4-6H,1-3,7-9H2. The summed E-state index contributed by atoms with van der Waals surface area (Å²) in [5, 5.41) is 3.53. The van der Waals surface area contributed by atoms with Crippen LogP contribution in [-0.2, 0) is 6.54 Å². The Balaban J connectivity index is 2.10. The molecule has 0 saturated carbocycles. The molecule has 5 heteroatoms. The maximum atomic E-state index is 8.27. The van der Waals surface area contributed by atoms with Gasteiger partial charge in [-0.1, -0.05) is 11.2 Å². The lowest BCUT2D eigenvalue weighted by molar-refractivity contribution is 0.573. The largest absolute Gasteiger partial charge is 0.357 e. The van der Waals surface area contributed by atoms with Gasteiger partial charge in [0.15, 0.2) is 0 Å². The molecule has 84 valence electrons. The van der Waals surface area contributed by atoms with E-state index in [1.807, 2.05) is 18.2 Å². The summed E-state index contributed by atoms with van der Waals surface area (Å²) in [7, 11) is 0. The van der Waals surface area contributed by atoms with Gasteiger partial charge in [-0.25, -0.2) is 4.98 Å². The van der Waals surface area contributed by atoms with Gasteiger partial charge in [0.1, 0.15) is 5.82 Å². The van der Waals surface area contributed by atoms with Gasteiger partial charge >= 0.3 is 0 Å². The molecule has 16 heavy (non-hydrogen) atoms. The van der Waals surface area contributed by atoms with E-state index < -0.39 is 0 Å². The highest BCUT2D eigenvalue weighted by Gasteiger charge is 2.11. The maximum Gasteiger partial charge on any atom is 0.128 e. The first-order valence-electron chi connectivity index (χ1n) is 5.62. The Kier molecular flexibility index (Phi) is 3.62. The number of pyridine rings is 1. The first-order chi connectivity index (χ1) is 7.90. The molecule has 0 aliphatic carbocycles. The lowest BCUT2D eigenvalue weighted by atomic mass is 10.1. The molecule has 0 amide bonds. The average Bonchev–Trinajstić information content (AvgIpc) is 2.38. The van der Waals surface area contributed by atoms with Crippen molar-refractivity contribution < 1.29 is 0 Å². The van der Waals surface area contributed by atoms with Crippen molar-refractivity contribution in [1.29, 1.82) is 0 Å². The molecule has 0 unspecified atom stereocenters. The van der Waals surface area contributed by atoms with Crippen LogP contribution in [0.2, 0.25) is 0 Å². The van der Waals surface area contributed by atoms with Crippen LogP contribution in [0.15, 0.2) is 23.3 Å². The normalized spacial score (nSPS) is 15.6. The van der Waals surface area contributed by atoms with E-state index in [1.165, 1.54) is 19.3 Å². The number of azide groups is 1. The van der Waals surface area contributed by atoms with Crippen LogP contribution in [0.25, 0.3) is 10.4 Å². The zero-order valence-electron chi connectivity index (χ0n) is 9.21. The summed E-state index contributed by atoms with van der Waals surface area (Å²) in [6, 6.07) is 5.88. The van der Waals surface area contributed by atoms with E-state index in [0.29, 0.717) is 6.54 Å². The Morgan fingerprint density at radius 3 is 2.88 bits per heavy atom. The quantitative estimate of drug-likeness (QED) is 0.444. The van der Waals surface area contributed by atoms with Crippen molar-refractivity contribution in [3.05, 3.63) is 34.3 Å². The van der Waals surface area contributed by atoms with Crippen LogP contribution in [0.3, 0.4) is 0 Å². The van der Waals surface area contributed by atoms with E-state index in [-0.39, 0.29) is 0 Å². The third-order valence-corrected chi connectivity index (χ3v) is 2.77. The van der Waals surface area contributed by atoms with Gasteiger partial charge in [-0.2, -0.15) is 0 Å². The van der Waals surface area contributed by atoms with E-state index in [9.17, 15) is 0 Å². The van der Waals surface area contributed by atoms with E-state index in [1.54, 1.807) is 0 Å². The highest BCUT2D eigenvalue weighted by molar-refractivity contribution is 5.39. The fourth-order valence-electron chi connectivity index (χ4n) is 1.96. The van der Waals surface area contributed by atoms with Crippen molar-refractivity contribution in [3.63, 3.8) is 0 Å². The van der Waals surface area contributed by atoms with Gasteiger partial charge in [0.05, 0.1) is 6.54 Å². The fourth-order valence-corrected chi connectivity index (χ4v) is 1.96. The van der Waals surface area contributed by atoms with Crippen LogP contribution in [0.5, 0.6) is 0 Å². The van der Waals surface area contributed by atoms with Gasteiger partial charge in [0.2, 0.25) is 0 Å². The van der Waals surface area contributed by atoms with Gasteiger partial charge in [-0.15, -0.1) is 0 Å². The molecule has 0 radical (unpaired) electrons. The van der Waals surface area contributed by atoms with Gasteiger partial charge < -0.3 is 4.90 Å². The third-order valence-electron chi connectivity index (χ3n) is 2.77. The minimum atomic E-state index is 0.332. The average molecular weight is 217 g/mol. The summed E-state index contributed by atoms with van der Waals surface area (Å²) in [4.78, 5) is 9.53. The van der Waals surface area contributed by atoms with Crippen molar-refractivity contribution in [2.45, 2.75) is 25.8 Å². The van der Waals surface area contributed by atoms with E-state index in [0.717, 1.165) is 24.6 Å². The second-order valence-electron chi connectivity index (χ2n) is 3.92. The molecule has 2 rings (SSSR count). The molecule has 1 saturated heterocycles. The third kappa shape index (κ3) is 2.64. The van der Waals surface area contributed by atoms with Crippen molar-refractivity contribution >= 4 is 5.82 Å². The SMILES string of the molecule is [N-]=[N+]=NCc1cccc(N2CCCCC2)n1. The second kappa shape index (κ2) is 5.37. The summed E-state index contributed by atoms with van der Waals surface area (Å²) in [6.07, 6.45) is 3.79. The van der Waals surface area contributed by atoms with Crippen molar-refractivity contribution in [2.75, 3.05) is 18.0 Å². The molecule has 1 aromatic heterocycles. The first-order valence-corrected chi connectivity index (χ1v) is 5.62. The number of aromatic nitrogens is 1. The topological polar surface area (TPSA) is 64.9 Å². The number of hydrogen-bond donors (Lipinski definition) is 0. The monoisotopic (exact) mass is 217 g/mol. The Bertz CT molecular complexity index is 391. The molecule has 0 N–H and O–H groups in total. The van der Waals surface area contributed by atoms with Crippen LogP contribution in [0.4, 0.5) is 5.82 Å². The Morgan fingerprint density at radius 1 is 1.31 bits per heavy atom. The Labute approximate surface area is 94.7 Å². The summed E-state index contributed by atoms with van der Waals surface area (Å²) in [5.74, 6) is 1.00. The number of anilines is 1. The highest BCUT2D eigenvalue weighted by Crippen LogP contribution is 2.17. The van der Waals surface area contributed by atoms with Gasteiger partial charge in [-0.05, 0) is 36.9 Å². The lowest BCUT2D eigenvalue weighted by Gasteiger charge is -2.27. The van der Waals surface area contributed by atoms with Crippen LogP contribution in [0.1, 0.15) is 25.0 Å². The zero-order chi connectivity index (χ0) is 11.2. The van der Waals surface area contributed by atoms with Crippen LogP contribution in [-0.4, -0.2) is 18.1 Å². The summed E-state index contributed by atoms with van der Waals surface area (Å²) >= 11 is 0. The molecule has 0 aromatic carbocycles. The number of piperidine rings is 1.